The van der Waals surface area contributed by atoms with E-state index in [2.05, 4.69) is 10.3 Å². The highest BCUT2D eigenvalue weighted by molar-refractivity contribution is 6.08. The third-order valence-corrected chi connectivity index (χ3v) is 4.70. The molecule has 0 aliphatic rings. The maximum atomic E-state index is 13.2. The number of rotatable bonds is 4. The first-order valence-electron chi connectivity index (χ1n) is 9.13. The zero-order valence-corrected chi connectivity index (χ0v) is 16.0. The molecule has 4 aromatic rings. The number of imidazole rings is 1. The number of benzene rings is 2. The van der Waals surface area contributed by atoms with Gasteiger partial charge in [0.1, 0.15) is 17.0 Å². The first-order chi connectivity index (χ1) is 13.9. The molecule has 1 amide bonds. The van der Waals surface area contributed by atoms with Crippen molar-refractivity contribution in [2.45, 2.75) is 13.8 Å². The number of carbonyl (C=O) groups is 2. The number of fused-ring (bicyclic) bond motifs is 1. The zero-order chi connectivity index (χ0) is 20.5. The lowest BCUT2D eigenvalue weighted by molar-refractivity contribution is 0.0696. The summed E-state index contributed by atoms with van der Waals surface area (Å²) in [6, 6.07) is 17.7. The summed E-state index contributed by atoms with van der Waals surface area (Å²) in [7, 11) is 0. The van der Waals surface area contributed by atoms with Crippen LogP contribution in [-0.4, -0.2) is 26.4 Å². The van der Waals surface area contributed by atoms with Gasteiger partial charge in [-0.15, -0.1) is 0 Å². The summed E-state index contributed by atoms with van der Waals surface area (Å²) in [6.07, 6.45) is 1.88. The minimum Gasteiger partial charge on any atom is -0.478 e. The molecule has 2 heterocycles. The van der Waals surface area contributed by atoms with E-state index in [0.29, 0.717) is 22.7 Å². The Bertz CT molecular complexity index is 1220. The molecule has 4 rings (SSSR count). The molecule has 0 bridgehead atoms. The highest BCUT2D eigenvalue weighted by Crippen LogP contribution is 2.26. The molecule has 2 N–H and O–H groups in total. The molecule has 0 aliphatic carbocycles. The molecule has 0 radical (unpaired) electrons. The van der Waals surface area contributed by atoms with Crippen LogP contribution in [-0.2, 0) is 0 Å². The van der Waals surface area contributed by atoms with E-state index in [1.54, 1.807) is 16.5 Å². The molecule has 0 atom stereocenters. The van der Waals surface area contributed by atoms with Crippen LogP contribution in [0.25, 0.3) is 16.9 Å². The molecule has 0 saturated heterocycles. The van der Waals surface area contributed by atoms with Gasteiger partial charge in [0.15, 0.2) is 0 Å². The minimum atomic E-state index is -1.01. The Morgan fingerprint density at radius 3 is 2.21 bits per heavy atom. The molecular weight excluding hydrogens is 366 g/mol. The number of aromatic carboxylic acids is 1. The molecule has 0 spiro atoms. The monoisotopic (exact) mass is 385 g/mol. The van der Waals surface area contributed by atoms with Crippen LogP contribution in [0.15, 0.2) is 66.9 Å². The second-order valence-electron chi connectivity index (χ2n) is 6.95. The van der Waals surface area contributed by atoms with Gasteiger partial charge in [-0.2, -0.15) is 0 Å². The van der Waals surface area contributed by atoms with Crippen LogP contribution in [0.4, 0.5) is 5.69 Å². The zero-order valence-electron chi connectivity index (χ0n) is 16.0. The van der Waals surface area contributed by atoms with Gasteiger partial charge >= 0.3 is 5.97 Å². The fourth-order valence-corrected chi connectivity index (χ4v) is 3.17. The van der Waals surface area contributed by atoms with Gasteiger partial charge in [-0.05, 0) is 49.7 Å². The molecule has 0 unspecified atom stereocenters. The van der Waals surface area contributed by atoms with Gasteiger partial charge in [-0.25, -0.2) is 9.78 Å². The number of hydrogen-bond acceptors (Lipinski definition) is 3. The van der Waals surface area contributed by atoms with Gasteiger partial charge in [0.2, 0.25) is 0 Å². The quantitative estimate of drug-likeness (QED) is 0.539. The molecular formula is C23H19N3O3. The van der Waals surface area contributed by atoms with Crippen LogP contribution >= 0.6 is 0 Å². The van der Waals surface area contributed by atoms with E-state index in [1.807, 2.05) is 56.4 Å². The number of amides is 1. The fourth-order valence-electron chi connectivity index (χ4n) is 3.17. The SMILES string of the molecule is Cc1ccc(-c2nc3ccc(C)cn3c2C(=O)Nc2ccc(C(=O)O)cc2)cc1. The van der Waals surface area contributed by atoms with Crippen molar-refractivity contribution < 1.29 is 14.7 Å². The number of aromatic nitrogens is 2. The summed E-state index contributed by atoms with van der Waals surface area (Å²) in [5.41, 5.74) is 5.35. The average molecular weight is 385 g/mol. The van der Waals surface area contributed by atoms with Gasteiger partial charge in [0.25, 0.3) is 5.91 Å². The number of carboxylic acid groups (broad SMARTS) is 1. The van der Waals surface area contributed by atoms with Crippen molar-refractivity contribution in [3.05, 3.63) is 89.2 Å². The molecule has 2 aromatic heterocycles. The van der Waals surface area contributed by atoms with E-state index < -0.39 is 5.97 Å². The molecule has 0 aliphatic heterocycles. The normalized spacial score (nSPS) is 10.8. The Labute approximate surface area is 167 Å². The number of pyridine rings is 1. The van der Waals surface area contributed by atoms with Crippen LogP contribution in [0, 0.1) is 13.8 Å². The van der Waals surface area contributed by atoms with Gasteiger partial charge in [-0.3, -0.25) is 9.20 Å². The van der Waals surface area contributed by atoms with Gasteiger partial charge in [0, 0.05) is 17.4 Å². The summed E-state index contributed by atoms with van der Waals surface area (Å²) in [5, 5.41) is 11.9. The Kier molecular flexibility index (Phi) is 4.60. The van der Waals surface area contributed by atoms with Gasteiger partial charge in [0.05, 0.1) is 5.56 Å². The Morgan fingerprint density at radius 1 is 0.897 bits per heavy atom. The first kappa shape index (κ1) is 18.4. The van der Waals surface area contributed by atoms with E-state index >= 15 is 0 Å². The number of carbonyl (C=O) groups excluding carboxylic acids is 1. The van der Waals surface area contributed by atoms with Crippen LogP contribution in [0.3, 0.4) is 0 Å². The Morgan fingerprint density at radius 2 is 1.55 bits per heavy atom. The highest BCUT2D eigenvalue weighted by Gasteiger charge is 2.21. The Hall–Kier alpha value is -3.93. The van der Waals surface area contributed by atoms with Crippen LogP contribution in [0.5, 0.6) is 0 Å². The third kappa shape index (κ3) is 3.60. The Balaban J connectivity index is 1.79. The van der Waals surface area contributed by atoms with Crippen molar-refractivity contribution in [2.75, 3.05) is 5.32 Å². The summed E-state index contributed by atoms with van der Waals surface area (Å²) >= 11 is 0. The molecule has 6 nitrogen and oxygen atoms in total. The maximum Gasteiger partial charge on any atom is 0.335 e. The maximum absolute atomic E-state index is 13.2. The number of nitrogens with one attached hydrogen (secondary N) is 1. The first-order valence-corrected chi connectivity index (χ1v) is 9.13. The predicted octanol–water partition coefficient (Wildman–Crippen LogP) is 4.57. The summed E-state index contributed by atoms with van der Waals surface area (Å²) in [6.45, 7) is 3.96. The van der Waals surface area contributed by atoms with Crippen molar-refractivity contribution in [1.29, 1.82) is 0 Å². The highest BCUT2D eigenvalue weighted by atomic mass is 16.4. The standard InChI is InChI=1S/C23H19N3O3/c1-14-3-6-16(7-4-14)20-21(26-13-15(2)5-12-19(26)25-20)22(27)24-18-10-8-17(9-11-18)23(28)29/h3-13H,1-2H3,(H,24,27)(H,28,29). The summed E-state index contributed by atoms with van der Waals surface area (Å²) < 4.78 is 1.78. The van der Waals surface area contributed by atoms with Crippen molar-refractivity contribution in [2.24, 2.45) is 0 Å². The average Bonchev–Trinajstić information content (AvgIpc) is 3.07. The fraction of sp³-hybridized carbons (Fsp3) is 0.0870. The van der Waals surface area contributed by atoms with E-state index in [4.69, 9.17) is 5.11 Å². The lowest BCUT2D eigenvalue weighted by Gasteiger charge is -2.08. The van der Waals surface area contributed by atoms with Crippen molar-refractivity contribution in [1.82, 2.24) is 9.38 Å². The molecule has 0 saturated carbocycles. The third-order valence-electron chi connectivity index (χ3n) is 4.70. The number of hydrogen-bond donors (Lipinski definition) is 2. The topological polar surface area (TPSA) is 83.7 Å². The summed E-state index contributed by atoms with van der Waals surface area (Å²) in [4.78, 5) is 28.9. The molecule has 2 aromatic carbocycles. The predicted molar refractivity (Wildman–Crippen MR) is 111 cm³/mol. The van der Waals surface area contributed by atoms with E-state index in [1.165, 1.54) is 12.1 Å². The van der Waals surface area contributed by atoms with Crippen molar-refractivity contribution in [3.8, 4) is 11.3 Å². The van der Waals surface area contributed by atoms with E-state index in [9.17, 15) is 9.59 Å². The molecule has 144 valence electrons. The van der Waals surface area contributed by atoms with E-state index in [0.717, 1.165) is 16.7 Å². The molecule has 0 fully saturated rings. The van der Waals surface area contributed by atoms with Crippen LogP contribution in [0.2, 0.25) is 0 Å². The van der Waals surface area contributed by atoms with Crippen LogP contribution < -0.4 is 5.32 Å². The number of carboxylic acids is 1. The lowest BCUT2D eigenvalue weighted by Crippen LogP contribution is -2.15. The second-order valence-corrected chi connectivity index (χ2v) is 6.95. The van der Waals surface area contributed by atoms with Crippen molar-refractivity contribution in [3.63, 3.8) is 0 Å². The minimum absolute atomic E-state index is 0.161. The van der Waals surface area contributed by atoms with Gasteiger partial charge < -0.3 is 10.4 Å². The molecule has 6 heteroatoms. The number of nitrogens with zero attached hydrogens (tertiary/aromatic N) is 2. The largest absolute Gasteiger partial charge is 0.478 e. The van der Waals surface area contributed by atoms with Gasteiger partial charge in [-0.1, -0.05) is 35.9 Å². The lowest BCUT2D eigenvalue weighted by atomic mass is 10.1. The second kappa shape index (κ2) is 7.24. The number of anilines is 1. The van der Waals surface area contributed by atoms with E-state index in [-0.39, 0.29) is 11.5 Å². The molecule has 29 heavy (non-hydrogen) atoms. The van der Waals surface area contributed by atoms with Crippen molar-refractivity contribution >= 4 is 23.2 Å². The smallest absolute Gasteiger partial charge is 0.335 e. The number of aryl methyl sites for hydroxylation is 2. The summed E-state index contributed by atoms with van der Waals surface area (Å²) in [5.74, 6) is -1.33. The van der Waals surface area contributed by atoms with Crippen LogP contribution in [0.1, 0.15) is 32.0 Å².